The minimum Gasteiger partial charge on any atom is -0.378 e. The van der Waals surface area contributed by atoms with E-state index in [1.165, 1.54) is 0 Å². The normalized spacial score (nSPS) is 20.2. The van der Waals surface area contributed by atoms with Crippen molar-refractivity contribution in [3.8, 4) is 0 Å². The van der Waals surface area contributed by atoms with E-state index in [1.54, 1.807) is 6.20 Å². The molecule has 1 aliphatic rings. The molecule has 0 bridgehead atoms. The van der Waals surface area contributed by atoms with Gasteiger partial charge in [-0.05, 0) is 12.1 Å². The molecule has 0 spiro atoms. The van der Waals surface area contributed by atoms with E-state index in [0.717, 1.165) is 31.9 Å². The van der Waals surface area contributed by atoms with Crippen LogP contribution in [0.25, 0.3) is 0 Å². The predicted octanol–water partition coefficient (Wildman–Crippen LogP) is 1.04. The van der Waals surface area contributed by atoms with Gasteiger partial charge in [0.15, 0.2) is 0 Å². The molecule has 0 N–H and O–H groups in total. The Morgan fingerprint density at radius 2 is 2.46 bits per heavy atom. The Hall–Kier alpha value is -0.930. The summed E-state index contributed by atoms with van der Waals surface area (Å²) < 4.78 is 10.4. The summed E-state index contributed by atoms with van der Waals surface area (Å²) in [5.41, 5.74) is 1.08. The smallest absolute Gasteiger partial charge is 0.104 e. The molecule has 1 aliphatic heterocycles. The second-order valence-electron chi connectivity index (χ2n) is 3.10. The van der Waals surface area contributed by atoms with E-state index in [1.807, 2.05) is 18.2 Å². The molecular weight excluding hydrogens is 166 g/mol. The molecule has 1 atom stereocenters. The summed E-state index contributed by atoms with van der Waals surface area (Å²) in [6.07, 6.45) is 3.05. The van der Waals surface area contributed by atoms with Crippen molar-refractivity contribution in [2.24, 2.45) is 0 Å². The molecule has 1 fully saturated rings. The van der Waals surface area contributed by atoms with Gasteiger partial charge in [-0.3, -0.25) is 4.98 Å². The average Bonchev–Trinajstić information content (AvgIpc) is 2.98. The van der Waals surface area contributed by atoms with Crippen molar-refractivity contribution >= 4 is 0 Å². The van der Waals surface area contributed by atoms with E-state index in [9.17, 15) is 0 Å². The van der Waals surface area contributed by atoms with Gasteiger partial charge in [-0.2, -0.15) is 0 Å². The summed E-state index contributed by atoms with van der Waals surface area (Å²) in [6, 6.07) is 5.92. The van der Waals surface area contributed by atoms with E-state index in [4.69, 9.17) is 9.47 Å². The van der Waals surface area contributed by atoms with Crippen molar-refractivity contribution in [2.45, 2.75) is 12.5 Å². The van der Waals surface area contributed by atoms with Crippen molar-refractivity contribution in [3.63, 3.8) is 0 Å². The van der Waals surface area contributed by atoms with Gasteiger partial charge in [-0.1, -0.05) is 6.07 Å². The first-order valence-electron chi connectivity index (χ1n) is 4.54. The highest BCUT2D eigenvalue weighted by Crippen LogP contribution is 2.08. The maximum Gasteiger partial charge on any atom is 0.104 e. The lowest BCUT2D eigenvalue weighted by Crippen LogP contribution is -2.05. The van der Waals surface area contributed by atoms with Crippen LogP contribution in [0, 0.1) is 0 Å². The van der Waals surface area contributed by atoms with Crippen LogP contribution in [-0.4, -0.2) is 30.9 Å². The molecule has 3 nitrogen and oxygen atoms in total. The molecule has 0 aromatic carbocycles. The van der Waals surface area contributed by atoms with Crippen LogP contribution >= 0.6 is 0 Å². The van der Waals surface area contributed by atoms with Crippen LogP contribution in [0.4, 0.5) is 0 Å². The van der Waals surface area contributed by atoms with Crippen LogP contribution in [0.1, 0.15) is 5.69 Å². The molecule has 13 heavy (non-hydrogen) atoms. The molecule has 1 saturated heterocycles. The van der Waals surface area contributed by atoms with Gasteiger partial charge in [0.05, 0.1) is 19.8 Å². The maximum absolute atomic E-state index is 5.40. The minimum atomic E-state index is 0.365. The third-order valence-electron chi connectivity index (χ3n) is 1.93. The number of nitrogens with zero attached hydrogens (tertiary/aromatic N) is 1. The molecule has 1 unspecified atom stereocenters. The van der Waals surface area contributed by atoms with Gasteiger partial charge in [-0.25, -0.2) is 0 Å². The summed E-state index contributed by atoms with van der Waals surface area (Å²) >= 11 is 0. The lowest BCUT2D eigenvalue weighted by molar-refractivity contribution is 0.118. The van der Waals surface area contributed by atoms with Gasteiger partial charge in [0.1, 0.15) is 6.10 Å². The summed E-state index contributed by atoms with van der Waals surface area (Å²) in [4.78, 5) is 4.20. The molecular formula is C10H13NO2. The fourth-order valence-electron chi connectivity index (χ4n) is 1.10. The number of hydrogen-bond acceptors (Lipinski definition) is 3. The molecule has 0 aliphatic carbocycles. The van der Waals surface area contributed by atoms with Crippen LogP contribution < -0.4 is 0 Å². The number of epoxide rings is 1. The number of aromatic nitrogens is 1. The van der Waals surface area contributed by atoms with E-state index in [2.05, 4.69) is 4.98 Å². The predicted molar refractivity (Wildman–Crippen MR) is 48.5 cm³/mol. The van der Waals surface area contributed by atoms with Crippen molar-refractivity contribution < 1.29 is 9.47 Å². The number of rotatable bonds is 5. The van der Waals surface area contributed by atoms with Gasteiger partial charge in [0.2, 0.25) is 0 Å². The number of pyridine rings is 1. The Labute approximate surface area is 77.7 Å². The molecule has 2 rings (SSSR count). The zero-order valence-corrected chi connectivity index (χ0v) is 7.48. The monoisotopic (exact) mass is 179 g/mol. The maximum atomic E-state index is 5.40. The second kappa shape index (κ2) is 4.35. The molecule has 0 radical (unpaired) electrons. The Morgan fingerprint density at radius 1 is 1.54 bits per heavy atom. The van der Waals surface area contributed by atoms with Gasteiger partial charge >= 0.3 is 0 Å². The van der Waals surface area contributed by atoms with E-state index in [0.29, 0.717) is 6.10 Å². The Morgan fingerprint density at radius 3 is 3.15 bits per heavy atom. The van der Waals surface area contributed by atoms with Crippen LogP contribution in [0.5, 0.6) is 0 Å². The third kappa shape index (κ3) is 3.13. The van der Waals surface area contributed by atoms with Gasteiger partial charge in [0.25, 0.3) is 0 Å². The summed E-state index contributed by atoms with van der Waals surface area (Å²) in [6.45, 7) is 2.33. The topological polar surface area (TPSA) is 34.6 Å². The Kier molecular flexibility index (Phi) is 2.90. The number of ether oxygens (including phenoxy) is 2. The number of hydrogen-bond donors (Lipinski definition) is 0. The van der Waals surface area contributed by atoms with Crippen LogP contribution in [0.3, 0.4) is 0 Å². The second-order valence-corrected chi connectivity index (χ2v) is 3.10. The Bertz CT molecular complexity index is 246. The molecule has 3 heteroatoms. The molecule has 1 aromatic rings. The minimum absolute atomic E-state index is 0.365. The third-order valence-corrected chi connectivity index (χ3v) is 1.93. The molecule has 70 valence electrons. The molecule has 0 amide bonds. The fraction of sp³-hybridized carbons (Fsp3) is 0.500. The zero-order chi connectivity index (χ0) is 8.93. The van der Waals surface area contributed by atoms with E-state index < -0.39 is 0 Å². The first kappa shape index (κ1) is 8.66. The molecule has 2 heterocycles. The highest BCUT2D eigenvalue weighted by Gasteiger charge is 2.21. The Balaban J connectivity index is 1.61. The van der Waals surface area contributed by atoms with Gasteiger partial charge < -0.3 is 9.47 Å². The highest BCUT2D eigenvalue weighted by molar-refractivity contribution is 5.03. The highest BCUT2D eigenvalue weighted by atomic mass is 16.6. The van der Waals surface area contributed by atoms with Crippen molar-refractivity contribution in [3.05, 3.63) is 30.1 Å². The summed E-state index contributed by atoms with van der Waals surface area (Å²) in [7, 11) is 0. The summed E-state index contributed by atoms with van der Waals surface area (Å²) in [5, 5.41) is 0. The quantitative estimate of drug-likeness (QED) is 0.500. The standard InChI is InChI=1S/C10H13NO2/c1-2-5-11-9(3-1)4-6-12-7-10-8-13-10/h1-3,5,10H,4,6-8H2. The molecule has 1 aromatic heterocycles. The van der Waals surface area contributed by atoms with E-state index >= 15 is 0 Å². The lowest BCUT2D eigenvalue weighted by Gasteiger charge is -2.00. The van der Waals surface area contributed by atoms with Gasteiger partial charge in [-0.15, -0.1) is 0 Å². The van der Waals surface area contributed by atoms with Crippen LogP contribution in [0.15, 0.2) is 24.4 Å². The largest absolute Gasteiger partial charge is 0.378 e. The van der Waals surface area contributed by atoms with Crippen molar-refractivity contribution in [1.29, 1.82) is 0 Å². The van der Waals surface area contributed by atoms with Crippen LogP contribution in [-0.2, 0) is 15.9 Å². The fourth-order valence-corrected chi connectivity index (χ4v) is 1.10. The van der Waals surface area contributed by atoms with Gasteiger partial charge in [0, 0.05) is 18.3 Å². The van der Waals surface area contributed by atoms with Crippen molar-refractivity contribution in [1.82, 2.24) is 4.98 Å². The van der Waals surface area contributed by atoms with Crippen molar-refractivity contribution in [2.75, 3.05) is 19.8 Å². The zero-order valence-electron chi connectivity index (χ0n) is 7.48. The lowest BCUT2D eigenvalue weighted by atomic mass is 10.3. The first-order valence-corrected chi connectivity index (χ1v) is 4.54. The molecule has 0 saturated carbocycles. The van der Waals surface area contributed by atoms with E-state index in [-0.39, 0.29) is 0 Å². The first-order chi connectivity index (χ1) is 6.45. The SMILES string of the molecule is c1ccc(CCOCC2CO2)nc1. The van der Waals surface area contributed by atoms with Crippen LogP contribution in [0.2, 0.25) is 0 Å². The average molecular weight is 179 g/mol. The summed E-state index contributed by atoms with van der Waals surface area (Å²) in [5.74, 6) is 0.